The lowest BCUT2D eigenvalue weighted by atomic mass is 10.1. The van der Waals surface area contributed by atoms with Gasteiger partial charge in [0.25, 0.3) is 0 Å². The molecule has 1 N–H and O–H groups in total. The minimum Gasteiger partial charge on any atom is -0.495 e. The number of benzene rings is 2. The number of para-hydroxylation sites is 1. The first-order valence-corrected chi connectivity index (χ1v) is 6.96. The summed E-state index contributed by atoms with van der Waals surface area (Å²) < 4.78 is 11.0. The van der Waals surface area contributed by atoms with Crippen molar-refractivity contribution in [1.29, 1.82) is 0 Å². The summed E-state index contributed by atoms with van der Waals surface area (Å²) in [6.45, 7) is 0.747. The molecule has 4 heteroatoms. The number of hydrogen-bond donors (Lipinski definition) is 1. The smallest absolute Gasteiger partial charge is 0.137 e. The number of hydrogen-bond acceptors (Lipinski definition) is 3. The maximum Gasteiger partial charge on any atom is 0.137 e. The van der Waals surface area contributed by atoms with Gasteiger partial charge in [0.05, 0.1) is 18.7 Å². The van der Waals surface area contributed by atoms with Crippen LogP contribution in [-0.2, 0) is 6.42 Å². The lowest BCUT2D eigenvalue weighted by molar-refractivity contribution is 0.246. The largest absolute Gasteiger partial charge is 0.495 e. The van der Waals surface area contributed by atoms with E-state index in [1.807, 2.05) is 36.4 Å². The Morgan fingerprint density at radius 1 is 1.30 bits per heavy atom. The minimum atomic E-state index is 0.160. The summed E-state index contributed by atoms with van der Waals surface area (Å²) in [5.74, 6) is 1.67. The van der Waals surface area contributed by atoms with Gasteiger partial charge in [0.15, 0.2) is 0 Å². The molecule has 0 spiro atoms. The maximum absolute atomic E-state index is 6.10. The Labute approximate surface area is 123 Å². The molecule has 0 aliphatic carbocycles. The molecule has 1 heterocycles. The van der Waals surface area contributed by atoms with Gasteiger partial charge in [-0.25, -0.2) is 0 Å². The SMILES string of the molecule is COc1ccc(NCC2Cc3ccccc3O2)cc1Cl. The molecule has 0 saturated carbocycles. The zero-order chi connectivity index (χ0) is 13.9. The fourth-order valence-corrected chi connectivity index (χ4v) is 2.63. The number of methoxy groups -OCH3 is 1. The summed E-state index contributed by atoms with van der Waals surface area (Å²) in [6.07, 6.45) is 1.10. The van der Waals surface area contributed by atoms with E-state index in [1.165, 1.54) is 5.56 Å². The minimum absolute atomic E-state index is 0.160. The van der Waals surface area contributed by atoms with Crippen LogP contribution in [0, 0.1) is 0 Å². The van der Waals surface area contributed by atoms with Crippen LogP contribution in [0.4, 0.5) is 5.69 Å². The molecule has 0 bridgehead atoms. The van der Waals surface area contributed by atoms with Gasteiger partial charge in [-0.1, -0.05) is 29.8 Å². The second-order valence-corrected chi connectivity index (χ2v) is 5.19. The summed E-state index contributed by atoms with van der Waals surface area (Å²) in [4.78, 5) is 0. The molecule has 0 aromatic heterocycles. The van der Waals surface area contributed by atoms with Gasteiger partial charge >= 0.3 is 0 Å². The molecule has 20 heavy (non-hydrogen) atoms. The Hall–Kier alpha value is -1.87. The standard InChI is InChI=1S/C16H16ClNO2/c1-19-16-7-6-12(9-14(16)17)18-10-13-8-11-4-2-3-5-15(11)20-13/h2-7,9,13,18H,8,10H2,1H3. The number of nitrogens with one attached hydrogen (secondary N) is 1. The summed E-state index contributed by atoms with van der Waals surface area (Å²) in [6, 6.07) is 13.8. The van der Waals surface area contributed by atoms with Crippen LogP contribution in [0.15, 0.2) is 42.5 Å². The van der Waals surface area contributed by atoms with Crippen molar-refractivity contribution in [3.8, 4) is 11.5 Å². The summed E-state index contributed by atoms with van der Waals surface area (Å²) in [5, 5.41) is 3.95. The van der Waals surface area contributed by atoms with Gasteiger partial charge in [0, 0.05) is 12.1 Å². The van der Waals surface area contributed by atoms with Crippen LogP contribution in [-0.4, -0.2) is 19.8 Å². The fraction of sp³-hybridized carbons (Fsp3) is 0.250. The molecule has 1 atom stereocenters. The van der Waals surface area contributed by atoms with Gasteiger partial charge in [0.2, 0.25) is 0 Å². The molecule has 1 unspecified atom stereocenters. The summed E-state index contributed by atoms with van der Waals surface area (Å²) >= 11 is 6.10. The van der Waals surface area contributed by atoms with Gasteiger partial charge in [-0.3, -0.25) is 0 Å². The van der Waals surface area contributed by atoms with E-state index in [1.54, 1.807) is 7.11 Å². The Morgan fingerprint density at radius 2 is 2.15 bits per heavy atom. The van der Waals surface area contributed by atoms with Crippen molar-refractivity contribution in [3.63, 3.8) is 0 Å². The van der Waals surface area contributed by atoms with E-state index in [2.05, 4.69) is 11.4 Å². The quantitative estimate of drug-likeness (QED) is 0.929. The molecule has 3 rings (SSSR count). The molecule has 2 aromatic rings. The van der Waals surface area contributed by atoms with E-state index in [0.29, 0.717) is 10.8 Å². The predicted octanol–water partition coefficient (Wildman–Crippen LogP) is 3.76. The highest BCUT2D eigenvalue weighted by Crippen LogP contribution is 2.29. The average molecular weight is 290 g/mol. The first kappa shape index (κ1) is 13.1. The zero-order valence-electron chi connectivity index (χ0n) is 11.2. The van der Waals surface area contributed by atoms with Crippen molar-refractivity contribution >= 4 is 17.3 Å². The van der Waals surface area contributed by atoms with Gasteiger partial charge in [-0.05, 0) is 29.8 Å². The van der Waals surface area contributed by atoms with Crippen LogP contribution in [0.1, 0.15) is 5.56 Å². The highest BCUT2D eigenvalue weighted by Gasteiger charge is 2.21. The van der Waals surface area contributed by atoms with E-state index in [4.69, 9.17) is 21.1 Å². The third kappa shape index (κ3) is 2.68. The Bertz CT molecular complexity index is 590. The predicted molar refractivity (Wildman–Crippen MR) is 81.1 cm³/mol. The maximum atomic E-state index is 6.10. The topological polar surface area (TPSA) is 30.5 Å². The monoisotopic (exact) mass is 289 g/mol. The molecule has 1 aliphatic heterocycles. The van der Waals surface area contributed by atoms with Crippen LogP contribution < -0.4 is 14.8 Å². The molecule has 2 aromatic carbocycles. The molecule has 0 amide bonds. The second-order valence-electron chi connectivity index (χ2n) is 4.78. The lowest BCUT2D eigenvalue weighted by Gasteiger charge is -2.13. The van der Waals surface area contributed by atoms with Gasteiger partial charge < -0.3 is 14.8 Å². The molecular formula is C16H16ClNO2. The van der Waals surface area contributed by atoms with Crippen LogP contribution in [0.3, 0.4) is 0 Å². The highest BCUT2D eigenvalue weighted by molar-refractivity contribution is 6.32. The third-order valence-corrected chi connectivity index (χ3v) is 3.69. The van der Waals surface area contributed by atoms with Crippen molar-refractivity contribution in [3.05, 3.63) is 53.1 Å². The molecule has 104 valence electrons. The number of rotatable bonds is 4. The van der Waals surface area contributed by atoms with Gasteiger partial charge in [-0.15, -0.1) is 0 Å². The molecule has 1 aliphatic rings. The third-order valence-electron chi connectivity index (χ3n) is 3.40. The Balaban J connectivity index is 1.60. The van der Waals surface area contributed by atoms with Crippen molar-refractivity contribution < 1.29 is 9.47 Å². The van der Waals surface area contributed by atoms with Crippen molar-refractivity contribution in [2.24, 2.45) is 0 Å². The summed E-state index contributed by atoms with van der Waals surface area (Å²) in [7, 11) is 1.61. The van der Waals surface area contributed by atoms with Crippen LogP contribution in [0.2, 0.25) is 5.02 Å². The van der Waals surface area contributed by atoms with E-state index >= 15 is 0 Å². The van der Waals surface area contributed by atoms with E-state index in [-0.39, 0.29) is 6.10 Å². The second kappa shape index (κ2) is 5.63. The first-order chi connectivity index (χ1) is 9.76. The first-order valence-electron chi connectivity index (χ1n) is 6.58. The fourth-order valence-electron chi connectivity index (χ4n) is 2.38. The average Bonchev–Trinajstić information content (AvgIpc) is 2.88. The van der Waals surface area contributed by atoms with E-state index in [0.717, 1.165) is 24.4 Å². The van der Waals surface area contributed by atoms with E-state index in [9.17, 15) is 0 Å². The van der Waals surface area contributed by atoms with Crippen molar-refractivity contribution in [2.45, 2.75) is 12.5 Å². The number of halogens is 1. The van der Waals surface area contributed by atoms with Crippen LogP contribution in [0.5, 0.6) is 11.5 Å². The van der Waals surface area contributed by atoms with Crippen LogP contribution >= 0.6 is 11.6 Å². The molecule has 0 fully saturated rings. The zero-order valence-corrected chi connectivity index (χ0v) is 12.0. The van der Waals surface area contributed by atoms with E-state index < -0.39 is 0 Å². The van der Waals surface area contributed by atoms with Crippen molar-refractivity contribution in [2.75, 3.05) is 19.0 Å². The Kier molecular flexibility index (Phi) is 3.70. The lowest BCUT2D eigenvalue weighted by Crippen LogP contribution is -2.23. The number of fused-ring (bicyclic) bond motifs is 1. The Morgan fingerprint density at radius 3 is 2.90 bits per heavy atom. The number of anilines is 1. The summed E-state index contributed by atoms with van der Waals surface area (Å²) in [5.41, 5.74) is 2.24. The van der Waals surface area contributed by atoms with Gasteiger partial charge in [-0.2, -0.15) is 0 Å². The van der Waals surface area contributed by atoms with Crippen LogP contribution in [0.25, 0.3) is 0 Å². The van der Waals surface area contributed by atoms with Crippen molar-refractivity contribution in [1.82, 2.24) is 0 Å². The molecule has 0 saturated heterocycles. The normalized spacial score (nSPS) is 16.4. The molecule has 3 nitrogen and oxygen atoms in total. The highest BCUT2D eigenvalue weighted by atomic mass is 35.5. The van der Waals surface area contributed by atoms with Gasteiger partial charge in [0.1, 0.15) is 17.6 Å². The molecular weight excluding hydrogens is 274 g/mol. The molecule has 0 radical (unpaired) electrons. The number of ether oxygens (including phenoxy) is 2.